The van der Waals surface area contributed by atoms with Crippen LogP contribution >= 0.6 is 0 Å². The number of halogens is 1. The maximum absolute atomic E-state index is 13.2. The van der Waals surface area contributed by atoms with Crippen molar-refractivity contribution in [1.29, 1.82) is 0 Å². The van der Waals surface area contributed by atoms with Gasteiger partial charge in [0.15, 0.2) is 0 Å². The molecule has 0 bridgehead atoms. The average molecular weight is 165 g/mol. The molecule has 12 heavy (non-hydrogen) atoms. The summed E-state index contributed by atoms with van der Waals surface area (Å²) in [6.45, 7) is 3.00. The maximum Gasteiger partial charge on any atom is 0.127 e. The summed E-state index contributed by atoms with van der Waals surface area (Å²) in [6.07, 6.45) is 1.06. The van der Waals surface area contributed by atoms with Gasteiger partial charge < -0.3 is 5.32 Å². The molecule has 0 amide bonds. The van der Waals surface area contributed by atoms with Gasteiger partial charge >= 0.3 is 0 Å². The predicted molar refractivity (Wildman–Crippen MR) is 46.5 cm³/mol. The second kappa shape index (κ2) is 2.87. The van der Waals surface area contributed by atoms with E-state index in [2.05, 4.69) is 5.32 Å². The van der Waals surface area contributed by atoms with Crippen molar-refractivity contribution in [2.24, 2.45) is 0 Å². The van der Waals surface area contributed by atoms with E-state index in [1.54, 1.807) is 12.1 Å². The number of nitrogens with one attached hydrogen (secondary N) is 1. The predicted octanol–water partition coefficient (Wildman–Crippen LogP) is 2.17. The molecule has 1 atom stereocenters. The molecule has 0 saturated carbocycles. The molecule has 1 aromatic carbocycles. The van der Waals surface area contributed by atoms with E-state index in [4.69, 9.17) is 0 Å². The molecule has 1 aromatic rings. The van der Waals surface area contributed by atoms with Crippen molar-refractivity contribution >= 4 is 0 Å². The first-order chi connectivity index (χ1) is 5.77. The quantitative estimate of drug-likeness (QED) is 0.672. The first kappa shape index (κ1) is 7.74. The van der Waals surface area contributed by atoms with Gasteiger partial charge in [-0.05, 0) is 26.0 Å². The Bertz CT molecular complexity index is 292. The molecule has 64 valence electrons. The molecule has 1 saturated heterocycles. The van der Waals surface area contributed by atoms with Crippen LogP contribution in [0.15, 0.2) is 18.2 Å². The monoisotopic (exact) mass is 165 g/mol. The number of hydrogen-bond acceptors (Lipinski definition) is 1. The summed E-state index contributed by atoms with van der Waals surface area (Å²) in [5.74, 6) is -0.0854. The van der Waals surface area contributed by atoms with E-state index in [1.165, 1.54) is 0 Å². The van der Waals surface area contributed by atoms with E-state index in [9.17, 15) is 4.39 Å². The van der Waals surface area contributed by atoms with E-state index < -0.39 is 0 Å². The van der Waals surface area contributed by atoms with E-state index >= 15 is 0 Å². The minimum atomic E-state index is -0.0854. The van der Waals surface area contributed by atoms with Crippen molar-refractivity contribution in [3.8, 4) is 0 Å². The molecule has 1 aliphatic rings. The Kier molecular flexibility index (Phi) is 1.85. The van der Waals surface area contributed by atoms with Crippen molar-refractivity contribution in [2.75, 3.05) is 6.54 Å². The highest BCUT2D eigenvalue weighted by Crippen LogP contribution is 2.25. The molecule has 1 nitrogen and oxygen atoms in total. The van der Waals surface area contributed by atoms with Gasteiger partial charge in [0, 0.05) is 11.6 Å². The summed E-state index contributed by atoms with van der Waals surface area (Å²) in [7, 11) is 0. The van der Waals surface area contributed by atoms with Crippen molar-refractivity contribution in [1.82, 2.24) is 5.32 Å². The first-order valence-corrected chi connectivity index (χ1v) is 4.27. The fourth-order valence-corrected chi connectivity index (χ4v) is 1.48. The van der Waals surface area contributed by atoms with Crippen molar-refractivity contribution in [2.45, 2.75) is 19.4 Å². The van der Waals surface area contributed by atoms with Gasteiger partial charge in [0.25, 0.3) is 0 Å². The van der Waals surface area contributed by atoms with Gasteiger partial charge in [0.1, 0.15) is 5.82 Å². The van der Waals surface area contributed by atoms with E-state index in [0.717, 1.165) is 24.1 Å². The van der Waals surface area contributed by atoms with Gasteiger partial charge in [-0.15, -0.1) is 0 Å². The third-order valence-corrected chi connectivity index (χ3v) is 2.35. The maximum atomic E-state index is 13.2. The zero-order valence-electron chi connectivity index (χ0n) is 7.10. The third-order valence-electron chi connectivity index (χ3n) is 2.35. The minimum Gasteiger partial charge on any atom is -0.310 e. The topological polar surface area (TPSA) is 12.0 Å². The Balaban J connectivity index is 2.34. The smallest absolute Gasteiger partial charge is 0.127 e. The highest BCUT2D eigenvalue weighted by atomic mass is 19.1. The van der Waals surface area contributed by atoms with E-state index in [-0.39, 0.29) is 11.9 Å². The van der Waals surface area contributed by atoms with Crippen molar-refractivity contribution < 1.29 is 4.39 Å². The van der Waals surface area contributed by atoms with E-state index in [0.29, 0.717) is 0 Å². The van der Waals surface area contributed by atoms with Crippen LogP contribution in [0.4, 0.5) is 4.39 Å². The molecule has 1 fully saturated rings. The summed E-state index contributed by atoms with van der Waals surface area (Å²) >= 11 is 0. The van der Waals surface area contributed by atoms with Gasteiger partial charge in [-0.1, -0.05) is 17.7 Å². The molecule has 2 rings (SSSR count). The van der Waals surface area contributed by atoms with Gasteiger partial charge in [-0.3, -0.25) is 0 Å². The van der Waals surface area contributed by atoms with Crippen LogP contribution in [0.2, 0.25) is 0 Å². The summed E-state index contributed by atoms with van der Waals surface area (Å²) in [6, 6.07) is 5.53. The highest BCUT2D eigenvalue weighted by Gasteiger charge is 2.21. The second-order valence-electron chi connectivity index (χ2n) is 3.32. The molecule has 0 aliphatic carbocycles. The van der Waals surface area contributed by atoms with Gasteiger partial charge in [0.05, 0.1) is 0 Å². The largest absolute Gasteiger partial charge is 0.310 e. The normalized spacial score (nSPS) is 22.0. The van der Waals surface area contributed by atoms with Crippen LogP contribution < -0.4 is 5.32 Å². The molecule has 2 heteroatoms. The third kappa shape index (κ3) is 1.23. The Morgan fingerprint density at radius 2 is 2.25 bits per heavy atom. The Morgan fingerprint density at radius 3 is 2.83 bits per heavy atom. The Labute approximate surface area is 71.6 Å². The van der Waals surface area contributed by atoms with Crippen LogP contribution in [-0.2, 0) is 0 Å². The molecule has 0 radical (unpaired) electrons. The number of benzene rings is 1. The highest BCUT2D eigenvalue weighted by molar-refractivity contribution is 5.27. The first-order valence-electron chi connectivity index (χ1n) is 4.27. The van der Waals surface area contributed by atoms with Crippen LogP contribution in [0.3, 0.4) is 0 Å². The van der Waals surface area contributed by atoms with Crippen LogP contribution in [0.25, 0.3) is 0 Å². The van der Waals surface area contributed by atoms with Gasteiger partial charge in [0.2, 0.25) is 0 Å². The van der Waals surface area contributed by atoms with Crippen LogP contribution in [0.1, 0.15) is 23.6 Å². The second-order valence-corrected chi connectivity index (χ2v) is 3.32. The fraction of sp³-hybridized carbons (Fsp3) is 0.400. The summed E-state index contributed by atoms with van der Waals surface area (Å²) in [4.78, 5) is 0. The molecular formula is C10H12FN. The molecular weight excluding hydrogens is 153 g/mol. The lowest BCUT2D eigenvalue weighted by Crippen LogP contribution is -2.35. The zero-order valence-corrected chi connectivity index (χ0v) is 7.10. The number of aryl methyl sites for hydroxylation is 1. The fourth-order valence-electron chi connectivity index (χ4n) is 1.48. The van der Waals surface area contributed by atoms with Gasteiger partial charge in [-0.25, -0.2) is 4.39 Å². The lowest BCUT2D eigenvalue weighted by Gasteiger charge is -2.28. The summed E-state index contributed by atoms with van der Waals surface area (Å²) < 4.78 is 13.2. The minimum absolute atomic E-state index is 0.0854. The van der Waals surface area contributed by atoms with E-state index in [1.807, 2.05) is 13.0 Å². The average Bonchev–Trinajstić information content (AvgIpc) is 1.93. The lowest BCUT2D eigenvalue weighted by molar-refractivity contribution is 0.370. The summed E-state index contributed by atoms with van der Waals surface area (Å²) in [5.41, 5.74) is 1.95. The van der Waals surface area contributed by atoms with Crippen molar-refractivity contribution in [3.05, 3.63) is 35.1 Å². The Hall–Kier alpha value is -0.890. The molecule has 0 spiro atoms. The van der Waals surface area contributed by atoms with Crippen LogP contribution in [0.5, 0.6) is 0 Å². The Morgan fingerprint density at radius 1 is 1.50 bits per heavy atom. The number of hydrogen-bond donors (Lipinski definition) is 1. The van der Waals surface area contributed by atoms with Crippen LogP contribution in [0, 0.1) is 12.7 Å². The molecule has 1 aliphatic heterocycles. The summed E-state index contributed by atoms with van der Waals surface area (Å²) in [5, 5.41) is 3.19. The molecule has 1 N–H and O–H groups in total. The SMILES string of the molecule is Cc1ccc(F)c(C2CCN2)c1. The van der Waals surface area contributed by atoms with Gasteiger partial charge in [-0.2, -0.15) is 0 Å². The van der Waals surface area contributed by atoms with Crippen molar-refractivity contribution in [3.63, 3.8) is 0 Å². The molecule has 1 heterocycles. The molecule has 0 aromatic heterocycles. The number of rotatable bonds is 1. The standard InChI is InChI=1S/C10H12FN/c1-7-2-3-9(11)8(6-7)10-4-5-12-10/h2-3,6,10,12H,4-5H2,1H3. The molecule has 1 unspecified atom stereocenters. The lowest BCUT2D eigenvalue weighted by atomic mass is 9.96. The van der Waals surface area contributed by atoms with Crippen LogP contribution in [-0.4, -0.2) is 6.54 Å². The zero-order chi connectivity index (χ0) is 8.55.